The average Bonchev–Trinajstić information content (AvgIpc) is 2.93. The van der Waals surface area contributed by atoms with Crippen LogP contribution in [0.5, 0.6) is 5.75 Å². The molecular formula is C30H34N4O. The molecule has 1 aliphatic heterocycles. The molecule has 1 saturated heterocycles. The average molecular weight is 467 g/mol. The van der Waals surface area contributed by atoms with Gasteiger partial charge in [-0.3, -0.25) is 0 Å². The van der Waals surface area contributed by atoms with Crippen LogP contribution in [0.3, 0.4) is 0 Å². The van der Waals surface area contributed by atoms with Crippen LogP contribution in [-0.4, -0.2) is 38.3 Å². The van der Waals surface area contributed by atoms with Crippen LogP contribution in [0.2, 0.25) is 0 Å². The van der Waals surface area contributed by atoms with Crippen molar-refractivity contribution in [1.29, 1.82) is 0 Å². The predicted octanol–water partition coefficient (Wildman–Crippen LogP) is 6.81. The van der Waals surface area contributed by atoms with Crippen molar-refractivity contribution < 1.29 is 4.74 Å². The van der Waals surface area contributed by atoms with E-state index in [0.29, 0.717) is 0 Å². The van der Waals surface area contributed by atoms with Crippen LogP contribution >= 0.6 is 0 Å². The monoisotopic (exact) mass is 466 g/mol. The maximum absolute atomic E-state index is 5.30. The topological polar surface area (TPSA) is 49.4 Å². The lowest BCUT2D eigenvalue weighted by Gasteiger charge is -2.28. The van der Waals surface area contributed by atoms with E-state index in [4.69, 9.17) is 9.72 Å². The van der Waals surface area contributed by atoms with Crippen molar-refractivity contribution in [1.82, 2.24) is 4.98 Å². The molecule has 0 saturated carbocycles. The summed E-state index contributed by atoms with van der Waals surface area (Å²) in [4.78, 5) is 7.39. The fourth-order valence-electron chi connectivity index (χ4n) is 4.72. The lowest BCUT2D eigenvalue weighted by molar-refractivity contribution is 0.415. The molecule has 3 aromatic carbocycles. The van der Waals surface area contributed by atoms with Crippen LogP contribution in [0.1, 0.15) is 25.7 Å². The number of rotatable bonds is 9. The van der Waals surface area contributed by atoms with Gasteiger partial charge in [-0.25, -0.2) is 4.98 Å². The van der Waals surface area contributed by atoms with E-state index in [1.165, 1.54) is 43.7 Å². The first-order valence-corrected chi connectivity index (χ1v) is 12.7. The van der Waals surface area contributed by atoms with E-state index in [2.05, 4.69) is 76.2 Å². The van der Waals surface area contributed by atoms with E-state index >= 15 is 0 Å². The van der Waals surface area contributed by atoms with E-state index in [1.807, 2.05) is 18.2 Å². The maximum Gasteiger partial charge on any atom is 0.118 e. The van der Waals surface area contributed by atoms with Gasteiger partial charge in [0, 0.05) is 54.2 Å². The summed E-state index contributed by atoms with van der Waals surface area (Å²) in [5.74, 6) is 0.849. The number of hydrogen-bond acceptors (Lipinski definition) is 5. The SMILES string of the molecule is COc1ccc(-c2cc(NCCCNc3ccc(N4CCCCC4)cc3)c3ccccc3n2)cc1. The van der Waals surface area contributed by atoms with E-state index < -0.39 is 0 Å². The first-order chi connectivity index (χ1) is 17.3. The smallest absolute Gasteiger partial charge is 0.118 e. The fraction of sp³-hybridized carbons (Fsp3) is 0.300. The summed E-state index contributed by atoms with van der Waals surface area (Å²) in [7, 11) is 1.69. The van der Waals surface area contributed by atoms with Gasteiger partial charge in [0.2, 0.25) is 0 Å². The number of anilines is 3. The highest BCUT2D eigenvalue weighted by atomic mass is 16.5. The lowest BCUT2D eigenvalue weighted by Crippen LogP contribution is -2.29. The quantitative estimate of drug-likeness (QED) is 0.265. The molecule has 1 aromatic heterocycles. The van der Waals surface area contributed by atoms with E-state index in [0.717, 1.165) is 53.1 Å². The largest absolute Gasteiger partial charge is 0.497 e. The zero-order valence-corrected chi connectivity index (χ0v) is 20.5. The van der Waals surface area contributed by atoms with Crippen LogP contribution in [-0.2, 0) is 0 Å². The number of hydrogen-bond donors (Lipinski definition) is 2. The Kier molecular flexibility index (Phi) is 7.32. The van der Waals surface area contributed by atoms with Gasteiger partial charge < -0.3 is 20.3 Å². The summed E-state index contributed by atoms with van der Waals surface area (Å²) in [6.07, 6.45) is 4.99. The Labute approximate surface area is 208 Å². The van der Waals surface area contributed by atoms with Crippen LogP contribution < -0.4 is 20.3 Å². The highest BCUT2D eigenvalue weighted by Crippen LogP contribution is 2.29. The number of fused-ring (bicyclic) bond motifs is 1. The van der Waals surface area contributed by atoms with Crippen molar-refractivity contribution in [3.63, 3.8) is 0 Å². The zero-order valence-electron chi connectivity index (χ0n) is 20.5. The van der Waals surface area contributed by atoms with Crippen LogP contribution in [0.15, 0.2) is 78.9 Å². The van der Waals surface area contributed by atoms with Gasteiger partial charge in [-0.2, -0.15) is 0 Å². The maximum atomic E-state index is 5.30. The highest BCUT2D eigenvalue weighted by Gasteiger charge is 2.11. The zero-order chi connectivity index (χ0) is 23.9. The predicted molar refractivity (Wildman–Crippen MR) is 148 cm³/mol. The van der Waals surface area contributed by atoms with Gasteiger partial charge in [0.1, 0.15) is 5.75 Å². The van der Waals surface area contributed by atoms with Gasteiger partial charge in [0.25, 0.3) is 0 Å². The van der Waals surface area contributed by atoms with Gasteiger partial charge >= 0.3 is 0 Å². The third kappa shape index (κ3) is 5.68. The summed E-state index contributed by atoms with van der Waals surface area (Å²) in [6, 6.07) is 27.4. The van der Waals surface area contributed by atoms with Crippen molar-refractivity contribution in [3.8, 4) is 17.0 Å². The van der Waals surface area contributed by atoms with E-state index in [1.54, 1.807) is 7.11 Å². The minimum Gasteiger partial charge on any atom is -0.497 e. The minimum absolute atomic E-state index is 0.849. The summed E-state index contributed by atoms with van der Waals surface area (Å²) < 4.78 is 5.30. The first-order valence-electron chi connectivity index (χ1n) is 12.7. The third-order valence-electron chi connectivity index (χ3n) is 6.69. The number of para-hydroxylation sites is 1. The van der Waals surface area contributed by atoms with Crippen molar-refractivity contribution in [2.45, 2.75) is 25.7 Å². The summed E-state index contributed by atoms with van der Waals surface area (Å²) in [6.45, 7) is 4.17. The summed E-state index contributed by atoms with van der Waals surface area (Å²) in [5.41, 5.74) is 6.67. The lowest BCUT2D eigenvalue weighted by atomic mass is 10.1. The minimum atomic E-state index is 0.849. The van der Waals surface area contributed by atoms with Gasteiger partial charge in [-0.1, -0.05) is 18.2 Å². The first kappa shape index (κ1) is 23.0. The third-order valence-corrected chi connectivity index (χ3v) is 6.69. The molecule has 4 aromatic rings. The molecule has 1 fully saturated rings. The molecule has 5 rings (SSSR count). The molecule has 0 amide bonds. The Bertz CT molecular complexity index is 1230. The van der Waals surface area contributed by atoms with Crippen molar-refractivity contribution in [3.05, 3.63) is 78.9 Å². The molecule has 0 bridgehead atoms. The van der Waals surface area contributed by atoms with Crippen LogP contribution in [0, 0.1) is 0 Å². The normalized spacial score (nSPS) is 13.6. The van der Waals surface area contributed by atoms with Crippen molar-refractivity contribution >= 4 is 28.0 Å². The molecule has 0 radical (unpaired) electrons. The Morgan fingerprint density at radius 3 is 2.34 bits per heavy atom. The second-order valence-corrected chi connectivity index (χ2v) is 9.10. The van der Waals surface area contributed by atoms with Crippen LogP contribution in [0.4, 0.5) is 17.1 Å². The number of nitrogens with zero attached hydrogens (tertiary/aromatic N) is 2. The number of ether oxygens (including phenoxy) is 1. The molecule has 180 valence electrons. The van der Waals surface area contributed by atoms with E-state index in [-0.39, 0.29) is 0 Å². The summed E-state index contributed by atoms with van der Waals surface area (Å²) in [5, 5.41) is 8.36. The van der Waals surface area contributed by atoms with Crippen molar-refractivity contribution in [2.24, 2.45) is 0 Å². The van der Waals surface area contributed by atoms with Gasteiger partial charge in [-0.15, -0.1) is 0 Å². The Morgan fingerprint density at radius 1 is 0.829 bits per heavy atom. The second-order valence-electron chi connectivity index (χ2n) is 9.10. The molecule has 0 aliphatic carbocycles. The molecule has 0 atom stereocenters. The number of pyridine rings is 1. The Balaban J connectivity index is 1.19. The Hall–Kier alpha value is -3.73. The van der Waals surface area contributed by atoms with Crippen molar-refractivity contribution in [2.75, 3.05) is 48.8 Å². The molecule has 2 heterocycles. The standard InChI is InChI=1S/C30H34N4O/c1-35-26-16-10-23(11-17-26)29-22-30(27-8-3-4-9-28(27)33-29)32-19-7-18-31-24-12-14-25(15-13-24)34-20-5-2-6-21-34/h3-4,8-17,22,31H,2,5-7,18-21H2,1H3,(H,32,33). The molecule has 5 heteroatoms. The van der Waals surface area contributed by atoms with Gasteiger partial charge in [0.15, 0.2) is 0 Å². The second kappa shape index (κ2) is 11.1. The molecule has 1 aliphatic rings. The van der Waals surface area contributed by atoms with Crippen LogP contribution in [0.25, 0.3) is 22.2 Å². The molecule has 0 spiro atoms. The van der Waals surface area contributed by atoms with Gasteiger partial charge in [-0.05, 0) is 86.3 Å². The fourth-order valence-corrected chi connectivity index (χ4v) is 4.72. The van der Waals surface area contributed by atoms with Gasteiger partial charge in [0.05, 0.1) is 18.3 Å². The van der Waals surface area contributed by atoms with E-state index in [9.17, 15) is 0 Å². The molecule has 5 nitrogen and oxygen atoms in total. The number of nitrogens with one attached hydrogen (secondary N) is 2. The summed E-state index contributed by atoms with van der Waals surface area (Å²) >= 11 is 0. The number of aromatic nitrogens is 1. The molecular weight excluding hydrogens is 432 g/mol. The highest BCUT2D eigenvalue weighted by molar-refractivity contribution is 5.93. The molecule has 0 unspecified atom stereocenters. The Morgan fingerprint density at radius 2 is 1.57 bits per heavy atom. The number of benzene rings is 3. The number of methoxy groups -OCH3 is 1. The number of piperidine rings is 1. The molecule has 35 heavy (non-hydrogen) atoms. The molecule has 2 N–H and O–H groups in total.